The highest BCUT2D eigenvalue weighted by Gasteiger charge is 2.35. The van der Waals surface area contributed by atoms with Gasteiger partial charge in [0.15, 0.2) is 0 Å². The van der Waals surface area contributed by atoms with Crippen molar-refractivity contribution < 1.29 is 18.0 Å². The van der Waals surface area contributed by atoms with Crippen molar-refractivity contribution in [2.24, 2.45) is 5.92 Å². The molecule has 0 aliphatic carbocycles. The summed E-state index contributed by atoms with van der Waals surface area (Å²) in [5.74, 6) is -0.825. The maximum atomic E-state index is 12.8. The zero-order chi connectivity index (χ0) is 24.1. The number of aryl methyl sites for hydroxylation is 1. The van der Waals surface area contributed by atoms with Crippen LogP contribution in [0.2, 0.25) is 0 Å². The smallest absolute Gasteiger partial charge is 0.240 e. The molecule has 3 aromatic carbocycles. The van der Waals surface area contributed by atoms with Crippen LogP contribution < -0.4 is 14.9 Å². The lowest BCUT2D eigenvalue weighted by atomic mass is 10.1. The minimum absolute atomic E-state index is 0.0857. The number of amides is 2. The van der Waals surface area contributed by atoms with E-state index in [0.29, 0.717) is 18.7 Å². The molecule has 176 valence electrons. The highest BCUT2D eigenvalue weighted by molar-refractivity contribution is 7.89. The van der Waals surface area contributed by atoms with Crippen LogP contribution in [0.4, 0.5) is 11.4 Å². The van der Waals surface area contributed by atoms with Crippen molar-refractivity contribution in [2.45, 2.75) is 24.7 Å². The van der Waals surface area contributed by atoms with Gasteiger partial charge in [0.25, 0.3) is 0 Å². The molecule has 1 heterocycles. The summed E-state index contributed by atoms with van der Waals surface area (Å²) in [6.45, 7) is 2.54. The number of benzene rings is 3. The normalized spacial score (nSPS) is 16.0. The number of sulfonamides is 1. The van der Waals surface area contributed by atoms with E-state index in [9.17, 15) is 18.0 Å². The molecule has 3 aromatic rings. The van der Waals surface area contributed by atoms with Crippen molar-refractivity contribution in [1.82, 2.24) is 4.72 Å². The molecule has 0 spiro atoms. The summed E-state index contributed by atoms with van der Waals surface area (Å²) in [5.41, 5.74) is 3.33. The van der Waals surface area contributed by atoms with Crippen molar-refractivity contribution in [1.29, 1.82) is 0 Å². The highest BCUT2D eigenvalue weighted by Crippen LogP contribution is 2.28. The molecule has 1 aliphatic rings. The van der Waals surface area contributed by atoms with Crippen LogP contribution >= 0.6 is 0 Å². The topological polar surface area (TPSA) is 95.6 Å². The van der Waals surface area contributed by atoms with E-state index in [1.54, 1.807) is 17.0 Å². The first-order valence-corrected chi connectivity index (χ1v) is 12.6. The van der Waals surface area contributed by atoms with Crippen LogP contribution in [0.3, 0.4) is 0 Å². The maximum absolute atomic E-state index is 12.8. The van der Waals surface area contributed by atoms with Gasteiger partial charge in [0, 0.05) is 30.9 Å². The van der Waals surface area contributed by atoms with E-state index in [1.807, 2.05) is 61.5 Å². The lowest BCUT2D eigenvalue weighted by Crippen LogP contribution is -2.28. The van der Waals surface area contributed by atoms with Crippen LogP contribution in [0.1, 0.15) is 17.5 Å². The van der Waals surface area contributed by atoms with Gasteiger partial charge < -0.3 is 10.2 Å². The molecule has 0 saturated carbocycles. The van der Waals surface area contributed by atoms with Crippen LogP contribution in [-0.2, 0) is 26.0 Å². The van der Waals surface area contributed by atoms with Gasteiger partial charge in [-0.2, -0.15) is 0 Å². The van der Waals surface area contributed by atoms with Gasteiger partial charge in [0.2, 0.25) is 21.8 Å². The van der Waals surface area contributed by atoms with Crippen LogP contribution in [0.5, 0.6) is 0 Å². The third-order valence-electron chi connectivity index (χ3n) is 5.88. The SMILES string of the molecule is Cc1ccccc1N1C[C@H](C(=O)Nc2ccc(S(=O)(=O)NCCc3ccccc3)cc2)CC1=O. The number of carbonyl (C=O) groups is 2. The van der Waals surface area contributed by atoms with E-state index >= 15 is 0 Å². The fraction of sp³-hybridized carbons (Fsp3) is 0.231. The standard InChI is InChI=1S/C26H27N3O4S/c1-19-7-5-6-10-24(19)29-18-21(17-25(29)30)26(31)28-22-11-13-23(14-12-22)34(32,33)27-16-15-20-8-3-2-4-9-20/h2-14,21,27H,15-18H2,1H3,(H,28,31)/t21-/m1/s1. The number of hydrogen-bond acceptors (Lipinski definition) is 4. The largest absolute Gasteiger partial charge is 0.326 e. The van der Waals surface area contributed by atoms with Gasteiger partial charge in [-0.15, -0.1) is 0 Å². The van der Waals surface area contributed by atoms with Gasteiger partial charge in [-0.05, 0) is 54.8 Å². The van der Waals surface area contributed by atoms with Gasteiger partial charge in [0.05, 0.1) is 10.8 Å². The van der Waals surface area contributed by atoms with Crippen LogP contribution in [0.25, 0.3) is 0 Å². The van der Waals surface area contributed by atoms with E-state index in [-0.39, 0.29) is 29.7 Å². The summed E-state index contributed by atoms with van der Waals surface area (Å²) in [6.07, 6.45) is 0.728. The summed E-state index contributed by atoms with van der Waals surface area (Å²) in [7, 11) is -3.65. The molecule has 1 saturated heterocycles. The molecule has 7 nitrogen and oxygen atoms in total. The minimum Gasteiger partial charge on any atom is -0.326 e. The molecule has 0 bridgehead atoms. The predicted octanol–water partition coefficient (Wildman–Crippen LogP) is 3.51. The lowest BCUT2D eigenvalue weighted by molar-refractivity contribution is -0.122. The number of anilines is 2. The van der Waals surface area contributed by atoms with Gasteiger partial charge in [-0.1, -0.05) is 48.5 Å². The Morgan fingerprint density at radius 2 is 1.65 bits per heavy atom. The molecule has 2 N–H and O–H groups in total. The van der Waals surface area contributed by atoms with Gasteiger partial charge in [-0.3, -0.25) is 9.59 Å². The molecular weight excluding hydrogens is 450 g/mol. The third-order valence-corrected chi connectivity index (χ3v) is 7.36. The Hall–Kier alpha value is -3.49. The van der Waals surface area contributed by atoms with Crippen molar-refractivity contribution in [3.63, 3.8) is 0 Å². The van der Waals surface area contributed by atoms with Crippen molar-refractivity contribution in [3.05, 3.63) is 90.0 Å². The van der Waals surface area contributed by atoms with Gasteiger partial charge in [-0.25, -0.2) is 13.1 Å². The van der Waals surface area contributed by atoms with Crippen molar-refractivity contribution in [3.8, 4) is 0 Å². The molecule has 1 atom stereocenters. The molecule has 34 heavy (non-hydrogen) atoms. The average Bonchev–Trinajstić information content (AvgIpc) is 3.22. The summed E-state index contributed by atoms with van der Waals surface area (Å²) >= 11 is 0. The summed E-state index contributed by atoms with van der Waals surface area (Å²) in [4.78, 5) is 27.0. The van der Waals surface area contributed by atoms with E-state index in [2.05, 4.69) is 10.0 Å². The van der Waals surface area contributed by atoms with E-state index in [4.69, 9.17) is 0 Å². The Balaban J connectivity index is 1.33. The molecule has 0 aromatic heterocycles. The molecule has 8 heteroatoms. The molecule has 1 aliphatic heterocycles. The van der Waals surface area contributed by atoms with Crippen LogP contribution in [0, 0.1) is 12.8 Å². The number of rotatable bonds is 8. The Labute approximate surface area is 199 Å². The monoisotopic (exact) mass is 477 g/mol. The average molecular weight is 478 g/mol. The Bertz CT molecular complexity index is 1270. The first-order valence-electron chi connectivity index (χ1n) is 11.1. The Kier molecular flexibility index (Phi) is 7.09. The number of hydrogen-bond donors (Lipinski definition) is 2. The number of para-hydroxylation sites is 1. The second-order valence-corrected chi connectivity index (χ2v) is 10.1. The second kappa shape index (κ2) is 10.2. The maximum Gasteiger partial charge on any atom is 0.240 e. The van der Waals surface area contributed by atoms with E-state index < -0.39 is 15.9 Å². The lowest BCUT2D eigenvalue weighted by Gasteiger charge is -2.19. The summed E-state index contributed by atoms with van der Waals surface area (Å²) in [5, 5.41) is 2.80. The van der Waals surface area contributed by atoms with Crippen molar-refractivity contribution in [2.75, 3.05) is 23.3 Å². The first kappa shape index (κ1) is 23.7. The molecule has 4 rings (SSSR count). The Morgan fingerprint density at radius 1 is 0.971 bits per heavy atom. The zero-order valence-electron chi connectivity index (χ0n) is 18.9. The fourth-order valence-corrected chi connectivity index (χ4v) is 5.03. The number of nitrogens with zero attached hydrogens (tertiary/aromatic N) is 1. The highest BCUT2D eigenvalue weighted by atomic mass is 32.2. The van der Waals surface area contributed by atoms with E-state index in [0.717, 1.165) is 16.8 Å². The number of carbonyl (C=O) groups excluding carboxylic acids is 2. The molecular formula is C26H27N3O4S. The molecule has 2 amide bonds. The van der Waals surface area contributed by atoms with E-state index in [1.165, 1.54) is 12.1 Å². The first-order chi connectivity index (χ1) is 16.3. The molecule has 0 radical (unpaired) electrons. The predicted molar refractivity (Wildman–Crippen MR) is 132 cm³/mol. The Morgan fingerprint density at radius 3 is 2.35 bits per heavy atom. The second-order valence-electron chi connectivity index (χ2n) is 8.34. The number of nitrogens with one attached hydrogen (secondary N) is 2. The van der Waals surface area contributed by atoms with Crippen LogP contribution in [0.15, 0.2) is 83.8 Å². The third kappa shape index (κ3) is 5.52. The molecule has 0 unspecified atom stereocenters. The van der Waals surface area contributed by atoms with Gasteiger partial charge in [0.1, 0.15) is 0 Å². The summed E-state index contributed by atoms with van der Waals surface area (Å²) < 4.78 is 27.7. The van der Waals surface area contributed by atoms with Gasteiger partial charge >= 0.3 is 0 Å². The quantitative estimate of drug-likeness (QED) is 0.519. The van der Waals surface area contributed by atoms with Crippen molar-refractivity contribution >= 4 is 33.2 Å². The van der Waals surface area contributed by atoms with Crippen LogP contribution in [-0.4, -0.2) is 33.3 Å². The fourth-order valence-electron chi connectivity index (χ4n) is 4.00. The summed E-state index contributed by atoms with van der Waals surface area (Å²) in [6, 6.07) is 23.3. The molecule has 1 fully saturated rings. The zero-order valence-corrected chi connectivity index (χ0v) is 19.7. The minimum atomic E-state index is -3.65.